The Morgan fingerprint density at radius 1 is 0.178 bits per heavy atom. The summed E-state index contributed by atoms with van der Waals surface area (Å²) in [6, 6.07) is 147. The van der Waals surface area contributed by atoms with Crippen LogP contribution in [0.2, 0.25) is 0 Å². The largest absolute Gasteiger partial charge is 0.456 e. The summed E-state index contributed by atoms with van der Waals surface area (Å²) in [5, 5.41) is 15.5. The molecule has 0 N–H and O–H groups in total. The Bertz CT molecular complexity index is 9420. The summed E-state index contributed by atoms with van der Waals surface area (Å²) >= 11 is 1.88. The van der Waals surface area contributed by atoms with Crippen molar-refractivity contribution in [3.05, 3.63) is 456 Å². The highest BCUT2D eigenvalue weighted by molar-refractivity contribution is 7.25. The third kappa shape index (κ3) is 11.1. The van der Waals surface area contributed by atoms with Crippen LogP contribution in [0, 0.1) is 0 Å². The van der Waals surface area contributed by atoms with Gasteiger partial charge in [-0.15, -0.1) is 11.3 Å². The van der Waals surface area contributed by atoms with E-state index in [1.807, 2.05) is 23.5 Å². The highest BCUT2D eigenvalue weighted by Gasteiger charge is 2.44. The molecule has 0 spiro atoms. The molecule has 30 rings (SSSR count). The first-order chi connectivity index (χ1) is 65.8. The second-order valence-electron chi connectivity index (χ2n) is 40.4. The third-order valence-corrected chi connectivity index (χ3v) is 32.7. The van der Waals surface area contributed by atoms with Gasteiger partial charge < -0.3 is 22.7 Å². The molecule has 5 nitrogen and oxygen atoms in total. The second kappa shape index (κ2) is 28.7. The maximum absolute atomic E-state index is 6.28. The first kappa shape index (κ1) is 79.2. The number of thiophene rings is 1. The van der Waals surface area contributed by atoms with E-state index in [1.54, 1.807) is 0 Å². The van der Waals surface area contributed by atoms with Gasteiger partial charge in [-0.3, -0.25) is 0 Å². The van der Waals surface area contributed by atoms with E-state index in [-0.39, 0.29) is 27.1 Å². The molecule has 0 saturated carbocycles. The Hall–Kier alpha value is -15.6. The van der Waals surface area contributed by atoms with Gasteiger partial charge in [0.15, 0.2) is 0 Å². The van der Waals surface area contributed by atoms with Crippen LogP contribution in [-0.2, 0) is 27.1 Å². The molecule has 19 aromatic carbocycles. The van der Waals surface area contributed by atoms with Gasteiger partial charge in [0.1, 0.15) is 11.2 Å². The maximum Gasteiger partial charge on any atom is 0.137 e. The first-order valence-electron chi connectivity index (χ1n) is 47.6. The summed E-state index contributed by atoms with van der Waals surface area (Å²) in [6.07, 6.45) is 0. The van der Waals surface area contributed by atoms with Gasteiger partial charge in [0.2, 0.25) is 0 Å². The topological polar surface area (TPSA) is 32.9 Å². The minimum absolute atomic E-state index is 0.00942. The molecule has 0 bridgehead atoms. The number of aromatic nitrogens is 4. The lowest BCUT2D eigenvalue weighted by atomic mass is 9.82. The molecule has 0 unspecified atom stereocenters. The molecule has 644 valence electrons. The number of para-hydroxylation sites is 6. The van der Waals surface area contributed by atoms with Gasteiger partial charge in [-0.1, -0.05) is 373 Å². The lowest BCUT2D eigenvalue weighted by Crippen LogP contribution is -2.15. The van der Waals surface area contributed by atoms with E-state index >= 15 is 0 Å². The molecule has 0 amide bonds. The molecular formula is C129H96N4OS. The molecule has 135 heavy (non-hydrogen) atoms. The van der Waals surface area contributed by atoms with E-state index in [2.05, 4.69) is 476 Å². The number of furan rings is 1. The number of benzene rings is 19. The van der Waals surface area contributed by atoms with Crippen molar-refractivity contribution < 1.29 is 4.42 Å². The molecule has 0 radical (unpaired) electrons. The third-order valence-electron chi connectivity index (χ3n) is 31.6. The standard InChI is InChI=1S/C36H29N.C33H23NO.C33H23NS.C27H21N/c1-35(2)28-14-8-5-11-23(28)27-21-22(17-19-30(27)35)37-32-16-10-7-12-24(32)25-18-20-31-33(34(25)37)26-13-6-9-15-29(26)36(31,3)4;1-33(2)26-12-6-3-11-25(26)31-27(33)18-17-24-21-9-4-7-13-28(21)34(32(24)31)20-15-16-23-22-10-5-8-14-29(22)35-30(23)19-20;1-33(2)26-12-6-3-11-24(26)31-27(33)17-16-23-21-9-4-7-13-28(21)34(32(23)31)20-15-18-30-25(19-20)22-10-5-8-14-29(22)35-30;1-27(2)22-14-8-6-13-21(22)25-23(27)17-16-20-19-12-7-9-15-24(19)28(26(20)25)18-10-4-3-5-11-18/h5-21H,1-4H3;2*3-19H,1-2H3;3-17H,1-2H3. The number of rotatable bonds is 4. The van der Waals surface area contributed by atoms with E-state index in [4.69, 9.17) is 4.42 Å². The van der Waals surface area contributed by atoms with Crippen molar-refractivity contribution in [1.29, 1.82) is 0 Å². The molecule has 6 heterocycles. The van der Waals surface area contributed by atoms with Crippen molar-refractivity contribution in [2.75, 3.05) is 0 Å². The molecule has 0 aliphatic heterocycles. The Morgan fingerprint density at radius 2 is 0.459 bits per heavy atom. The minimum Gasteiger partial charge on any atom is -0.456 e. The fourth-order valence-corrected chi connectivity index (χ4v) is 26.3. The molecule has 0 fully saturated rings. The van der Waals surface area contributed by atoms with E-state index in [9.17, 15) is 0 Å². The normalized spacial score (nSPS) is 14.7. The summed E-state index contributed by atoms with van der Waals surface area (Å²) in [7, 11) is 0. The number of hydrogen-bond donors (Lipinski definition) is 0. The molecule has 5 aliphatic carbocycles. The van der Waals surface area contributed by atoms with Gasteiger partial charge in [0, 0.05) is 152 Å². The molecule has 0 atom stereocenters. The smallest absolute Gasteiger partial charge is 0.137 e. The van der Waals surface area contributed by atoms with Gasteiger partial charge in [-0.05, 0) is 180 Å². The predicted molar refractivity (Wildman–Crippen MR) is 571 cm³/mol. The average molecular weight is 1750 g/mol. The molecule has 25 aromatic rings. The van der Waals surface area contributed by atoms with Crippen LogP contribution in [0.4, 0.5) is 0 Å². The Labute approximate surface area is 788 Å². The highest BCUT2D eigenvalue weighted by atomic mass is 32.1. The van der Waals surface area contributed by atoms with Crippen molar-refractivity contribution in [1.82, 2.24) is 18.3 Å². The van der Waals surface area contributed by atoms with Crippen LogP contribution in [0.1, 0.15) is 125 Å². The van der Waals surface area contributed by atoms with Gasteiger partial charge in [-0.2, -0.15) is 0 Å². The van der Waals surface area contributed by atoms with Crippen LogP contribution in [0.15, 0.2) is 405 Å². The van der Waals surface area contributed by atoms with Crippen molar-refractivity contribution in [2.45, 2.75) is 96.3 Å². The van der Waals surface area contributed by atoms with E-state index in [0.717, 1.165) is 27.6 Å². The van der Waals surface area contributed by atoms with Gasteiger partial charge in [0.25, 0.3) is 0 Å². The van der Waals surface area contributed by atoms with E-state index in [1.165, 1.54) is 236 Å². The van der Waals surface area contributed by atoms with Crippen molar-refractivity contribution in [3.63, 3.8) is 0 Å². The van der Waals surface area contributed by atoms with Crippen molar-refractivity contribution in [2.24, 2.45) is 0 Å². The summed E-state index contributed by atoms with van der Waals surface area (Å²) in [5.74, 6) is 0. The molecule has 0 saturated heterocycles. The van der Waals surface area contributed by atoms with Crippen LogP contribution < -0.4 is 0 Å². The van der Waals surface area contributed by atoms with Crippen LogP contribution in [0.3, 0.4) is 0 Å². The monoisotopic (exact) mass is 1750 g/mol. The zero-order valence-corrected chi connectivity index (χ0v) is 78.0. The number of fused-ring (bicyclic) bond motifs is 37. The second-order valence-corrected chi connectivity index (χ2v) is 41.5. The fraction of sp³-hybridized carbons (Fsp3) is 0.116. The molecule has 6 heteroatoms. The van der Waals surface area contributed by atoms with Crippen LogP contribution in [-0.4, -0.2) is 18.3 Å². The Morgan fingerprint density at radius 3 is 0.896 bits per heavy atom. The lowest BCUT2D eigenvalue weighted by Gasteiger charge is -2.22. The Balaban J connectivity index is 0.0000000918. The summed E-state index contributed by atoms with van der Waals surface area (Å²) in [6.45, 7) is 23.5. The van der Waals surface area contributed by atoms with Crippen LogP contribution in [0.25, 0.3) is 208 Å². The van der Waals surface area contributed by atoms with Crippen molar-refractivity contribution in [3.8, 4) is 78.4 Å². The maximum atomic E-state index is 6.28. The van der Waals surface area contributed by atoms with Gasteiger partial charge >= 0.3 is 0 Å². The SMILES string of the molecule is CC1(C)c2ccccc2-c2c1ccc1c3ccccc3n(-c3ccc4c(c3)oc3ccccc34)c21.CC1(C)c2ccccc2-c2c1ccc1c3ccccc3n(-c3ccc4sc5ccccc5c4c3)c21.CC1(C)c2ccccc2-c2c1ccc1c3ccccc3n(-c3ccccc3)c21.CC1(C)c2ccccc2-c2cc(-n3c4ccccc4c4ccc5c(c43)-c3ccccc3C5(C)C)ccc21. The fourth-order valence-electron chi connectivity index (χ4n) is 25.2. The summed E-state index contributed by atoms with van der Waals surface area (Å²) < 4.78 is 18.9. The quantitative estimate of drug-likeness (QED) is 0.173. The summed E-state index contributed by atoms with van der Waals surface area (Å²) in [5.41, 5.74) is 44.6. The number of nitrogens with zero attached hydrogens (tertiary/aromatic N) is 4. The zero-order valence-electron chi connectivity index (χ0n) is 77.2. The van der Waals surface area contributed by atoms with Crippen LogP contribution in [0.5, 0.6) is 0 Å². The molecule has 6 aromatic heterocycles. The van der Waals surface area contributed by atoms with Crippen molar-refractivity contribution >= 4 is 141 Å². The number of hydrogen-bond acceptors (Lipinski definition) is 2. The average Bonchev–Trinajstić information content (AvgIpc) is 1.55. The van der Waals surface area contributed by atoms with Gasteiger partial charge in [-0.25, -0.2) is 0 Å². The highest BCUT2D eigenvalue weighted by Crippen LogP contribution is 2.60. The zero-order chi connectivity index (χ0) is 90.6. The first-order valence-corrected chi connectivity index (χ1v) is 48.4. The Kier molecular flexibility index (Phi) is 16.8. The van der Waals surface area contributed by atoms with E-state index in [0.29, 0.717) is 0 Å². The van der Waals surface area contributed by atoms with Crippen LogP contribution >= 0.6 is 11.3 Å². The molecule has 5 aliphatic rings. The lowest BCUT2D eigenvalue weighted by molar-refractivity contribution is 0.660. The molecular weight excluding hydrogens is 1650 g/mol. The van der Waals surface area contributed by atoms with Gasteiger partial charge in [0.05, 0.1) is 44.1 Å². The predicted octanol–water partition coefficient (Wildman–Crippen LogP) is 34.9. The minimum atomic E-state index is -0.0376. The summed E-state index contributed by atoms with van der Waals surface area (Å²) in [4.78, 5) is 0. The van der Waals surface area contributed by atoms with E-state index < -0.39 is 0 Å².